The minimum atomic E-state index is -0.252. The number of nitrogens with zero attached hydrogens (tertiary/aromatic N) is 1. The van der Waals surface area contributed by atoms with Crippen LogP contribution < -0.4 is 0 Å². The van der Waals surface area contributed by atoms with Crippen LogP contribution in [0.15, 0.2) is 35.7 Å². The monoisotopic (exact) mass is 273 g/mol. The van der Waals surface area contributed by atoms with Gasteiger partial charge in [-0.05, 0) is 29.1 Å². The minimum absolute atomic E-state index is 0.0210. The maximum atomic E-state index is 12.1. The van der Waals surface area contributed by atoms with Crippen molar-refractivity contribution in [3.05, 3.63) is 57.3 Å². The summed E-state index contributed by atoms with van der Waals surface area (Å²) in [5.41, 5.74) is 1.79. The molecule has 2 aromatic rings. The molecule has 1 aliphatic rings. The average Bonchev–Trinajstić information content (AvgIpc) is 2.99. The molecule has 1 aromatic carbocycles. The third kappa shape index (κ3) is 1.97. The molecule has 0 radical (unpaired) electrons. The van der Waals surface area contributed by atoms with Crippen molar-refractivity contribution in [3.63, 3.8) is 0 Å². The molecule has 2 amide bonds. The van der Waals surface area contributed by atoms with E-state index in [0.29, 0.717) is 11.1 Å². The molecule has 1 aromatic heterocycles. The van der Waals surface area contributed by atoms with Gasteiger partial charge in [-0.3, -0.25) is 14.5 Å². The predicted octanol–water partition coefficient (Wildman–Crippen LogP) is 2.04. The first kappa shape index (κ1) is 12.1. The standard InChI is InChI=1S/C14H11NO3S/c16-7-10-5-9(8-19-10)6-15-13(17)11-3-1-2-4-12(11)14(15)18/h1-5,8,16H,6-7H2. The van der Waals surface area contributed by atoms with E-state index < -0.39 is 0 Å². The Morgan fingerprint density at radius 3 is 2.26 bits per heavy atom. The molecule has 1 aliphatic heterocycles. The Labute approximate surface area is 113 Å². The molecule has 19 heavy (non-hydrogen) atoms. The molecule has 0 saturated carbocycles. The van der Waals surface area contributed by atoms with Gasteiger partial charge in [0.2, 0.25) is 0 Å². The molecular weight excluding hydrogens is 262 g/mol. The second kappa shape index (κ2) is 4.60. The molecule has 0 bridgehead atoms. The Morgan fingerprint density at radius 2 is 1.74 bits per heavy atom. The van der Waals surface area contributed by atoms with E-state index >= 15 is 0 Å². The topological polar surface area (TPSA) is 57.6 Å². The highest BCUT2D eigenvalue weighted by Gasteiger charge is 2.34. The van der Waals surface area contributed by atoms with Gasteiger partial charge < -0.3 is 5.11 Å². The molecule has 5 heteroatoms. The fourth-order valence-electron chi connectivity index (χ4n) is 2.16. The number of aliphatic hydroxyl groups is 1. The molecule has 4 nitrogen and oxygen atoms in total. The van der Waals surface area contributed by atoms with E-state index in [2.05, 4.69) is 0 Å². The van der Waals surface area contributed by atoms with Gasteiger partial charge >= 0.3 is 0 Å². The van der Waals surface area contributed by atoms with E-state index in [1.165, 1.54) is 16.2 Å². The van der Waals surface area contributed by atoms with Crippen molar-refractivity contribution < 1.29 is 14.7 Å². The number of imide groups is 1. The van der Waals surface area contributed by atoms with E-state index in [9.17, 15) is 9.59 Å². The van der Waals surface area contributed by atoms with Crippen LogP contribution in [0.4, 0.5) is 0 Å². The number of aliphatic hydroxyl groups excluding tert-OH is 1. The predicted molar refractivity (Wildman–Crippen MR) is 70.9 cm³/mol. The van der Waals surface area contributed by atoms with Crippen LogP contribution in [0.5, 0.6) is 0 Å². The average molecular weight is 273 g/mol. The Kier molecular flexibility index (Phi) is 2.93. The number of carbonyl (C=O) groups is 2. The number of benzene rings is 1. The normalized spacial score (nSPS) is 14.1. The lowest BCUT2D eigenvalue weighted by Gasteiger charge is -2.12. The highest BCUT2D eigenvalue weighted by Crippen LogP contribution is 2.25. The van der Waals surface area contributed by atoms with Crippen LogP contribution in [0.25, 0.3) is 0 Å². The van der Waals surface area contributed by atoms with Crippen molar-refractivity contribution in [3.8, 4) is 0 Å². The van der Waals surface area contributed by atoms with Gasteiger partial charge in [0.25, 0.3) is 11.8 Å². The van der Waals surface area contributed by atoms with Crippen LogP contribution in [-0.4, -0.2) is 21.8 Å². The number of rotatable bonds is 3. The Balaban J connectivity index is 1.88. The molecule has 2 heterocycles. The Bertz CT molecular complexity index is 627. The second-order valence-corrected chi connectivity index (χ2v) is 5.32. The highest BCUT2D eigenvalue weighted by molar-refractivity contribution is 7.10. The SMILES string of the molecule is O=C1c2ccccc2C(=O)N1Cc1csc(CO)c1. The van der Waals surface area contributed by atoms with Crippen molar-refractivity contribution >= 4 is 23.2 Å². The molecule has 0 fully saturated rings. The lowest BCUT2D eigenvalue weighted by Crippen LogP contribution is -2.28. The Morgan fingerprint density at radius 1 is 1.11 bits per heavy atom. The summed E-state index contributed by atoms with van der Waals surface area (Å²) in [5.74, 6) is -0.505. The number of thiophene rings is 1. The Hall–Kier alpha value is -1.98. The lowest BCUT2D eigenvalue weighted by atomic mass is 10.1. The first-order valence-electron chi connectivity index (χ1n) is 5.83. The third-order valence-corrected chi connectivity index (χ3v) is 4.05. The van der Waals surface area contributed by atoms with E-state index in [4.69, 9.17) is 5.11 Å². The minimum Gasteiger partial charge on any atom is -0.391 e. The highest BCUT2D eigenvalue weighted by atomic mass is 32.1. The van der Waals surface area contributed by atoms with Crippen molar-refractivity contribution in [2.45, 2.75) is 13.2 Å². The first-order chi connectivity index (χ1) is 9.20. The van der Waals surface area contributed by atoms with Crippen LogP contribution in [0.2, 0.25) is 0 Å². The van der Waals surface area contributed by atoms with E-state index in [1.54, 1.807) is 24.3 Å². The third-order valence-electron chi connectivity index (χ3n) is 3.08. The van der Waals surface area contributed by atoms with Crippen LogP contribution in [0, 0.1) is 0 Å². The number of hydrogen-bond acceptors (Lipinski definition) is 4. The quantitative estimate of drug-likeness (QED) is 0.871. The van der Waals surface area contributed by atoms with Gasteiger partial charge in [-0.1, -0.05) is 12.1 Å². The molecule has 0 spiro atoms. The zero-order valence-electron chi connectivity index (χ0n) is 10.00. The van der Waals surface area contributed by atoms with Gasteiger partial charge in [-0.15, -0.1) is 11.3 Å². The summed E-state index contributed by atoms with van der Waals surface area (Å²) in [5, 5.41) is 10.9. The van der Waals surface area contributed by atoms with Crippen LogP contribution >= 0.6 is 11.3 Å². The lowest BCUT2D eigenvalue weighted by molar-refractivity contribution is 0.0642. The molecule has 0 saturated heterocycles. The molecule has 1 N–H and O–H groups in total. The van der Waals surface area contributed by atoms with Gasteiger partial charge in [-0.2, -0.15) is 0 Å². The van der Waals surface area contributed by atoms with Crippen LogP contribution in [0.1, 0.15) is 31.2 Å². The van der Waals surface area contributed by atoms with Gasteiger partial charge in [0, 0.05) is 4.88 Å². The summed E-state index contributed by atoms with van der Waals surface area (Å²) in [7, 11) is 0. The van der Waals surface area contributed by atoms with Crippen LogP contribution in [-0.2, 0) is 13.2 Å². The first-order valence-corrected chi connectivity index (χ1v) is 6.71. The second-order valence-electron chi connectivity index (χ2n) is 4.32. The number of amides is 2. The zero-order valence-corrected chi connectivity index (χ0v) is 10.8. The van der Waals surface area contributed by atoms with Crippen molar-refractivity contribution in [2.24, 2.45) is 0 Å². The summed E-state index contributed by atoms with van der Waals surface area (Å²) in [6.45, 7) is 0.232. The summed E-state index contributed by atoms with van der Waals surface area (Å²) in [6, 6.07) is 8.66. The molecular formula is C14H11NO3S. The van der Waals surface area contributed by atoms with Gasteiger partial charge in [0.15, 0.2) is 0 Å². The van der Waals surface area contributed by atoms with Crippen LogP contribution in [0.3, 0.4) is 0 Å². The van der Waals surface area contributed by atoms with Crippen molar-refractivity contribution in [2.75, 3.05) is 0 Å². The summed E-state index contributed by atoms with van der Waals surface area (Å²) in [4.78, 5) is 26.4. The summed E-state index contributed by atoms with van der Waals surface area (Å²) < 4.78 is 0. The smallest absolute Gasteiger partial charge is 0.261 e. The van der Waals surface area contributed by atoms with Crippen molar-refractivity contribution in [1.29, 1.82) is 0 Å². The molecule has 0 unspecified atom stereocenters. The fraction of sp³-hybridized carbons (Fsp3) is 0.143. The molecule has 96 valence electrons. The maximum Gasteiger partial charge on any atom is 0.261 e. The van der Waals surface area contributed by atoms with Crippen molar-refractivity contribution in [1.82, 2.24) is 4.90 Å². The number of hydrogen-bond donors (Lipinski definition) is 1. The van der Waals surface area contributed by atoms with E-state index in [1.807, 2.05) is 11.4 Å². The van der Waals surface area contributed by atoms with Gasteiger partial charge in [-0.25, -0.2) is 0 Å². The van der Waals surface area contributed by atoms with E-state index in [-0.39, 0.29) is 25.0 Å². The number of carbonyl (C=O) groups excluding carboxylic acids is 2. The zero-order chi connectivity index (χ0) is 13.4. The number of fused-ring (bicyclic) bond motifs is 1. The van der Waals surface area contributed by atoms with Gasteiger partial charge in [0.1, 0.15) is 0 Å². The molecule has 0 aliphatic carbocycles. The van der Waals surface area contributed by atoms with Gasteiger partial charge in [0.05, 0.1) is 24.3 Å². The fourth-order valence-corrected chi connectivity index (χ4v) is 2.90. The molecule has 0 atom stereocenters. The summed E-state index contributed by atoms with van der Waals surface area (Å²) in [6.07, 6.45) is 0. The molecule has 3 rings (SSSR count). The largest absolute Gasteiger partial charge is 0.391 e. The van der Waals surface area contributed by atoms with E-state index in [0.717, 1.165) is 10.4 Å². The summed E-state index contributed by atoms with van der Waals surface area (Å²) >= 11 is 1.42. The maximum absolute atomic E-state index is 12.1.